The highest BCUT2D eigenvalue weighted by molar-refractivity contribution is 5.80. The van der Waals surface area contributed by atoms with Crippen molar-refractivity contribution in [1.82, 2.24) is 19.7 Å². The molecular formula is C15H13F3N4. The molecular weight excluding hydrogens is 293 g/mol. The summed E-state index contributed by atoms with van der Waals surface area (Å²) in [6.07, 6.45) is 1.14. The Balaban J connectivity index is 1.86. The molecule has 1 N–H and O–H groups in total. The van der Waals surface area contributed by atoms with Crippen LogP contribution in [0.25, 0.3) is 16.6 Å². The van der Waals surface area contributed by atoms with Crippen LogP contribution in [0.15, 0.2) is 30.6 Å². The number of H-pyrrole nitrogens is 1. The number of aromatic nitrogens is 4. The highest BCUT2D eigenvalue weighted by Crippen LogP contribution is 2.39. The van der Waals surface area contributed by atoms with E-state index in [2.05, 4.69) is 15.2 Å². The van der Waals surface area contributed by atoms with Crippen LogP contribution in [0.1, 0.15) is 36.7 Å². The summed E-state index contributed by atoms with van der Waals surface area (Å²) in [6, 6.07) is 5.42. The van der Waals surface area contributed by atoms with E-state index >= 15 is 0 Å². The molecule has 4 nitrogen and oxygen atoms in total. The lowest BCUT2D eigenvalue weighted by Gasteiger charge is -2.25. The van der Waals surface area contributed by atoms with Gasteiger partial charge in [0.1, 0.15) is 5.82 Å². The lowest BCUT2D eigenvalue weighted by molar-refractivity contribution is -0.141. The van der Waals surface area contributed by atoms with Crippen LogP contribution >= 0.6 is 0 Å². The SMILES string of the molecule is FC(F)(F)c1cn(-c2ccc3[nH]ncc3c2)c(C2CCC2)n1. The van der Waals surface area contributed by atoms with Crippen molar-refractivity contribution >= 4 is 10.9 Å². The minimum Gasteiger partial charge on any atom is -0.303 e. The smallest absolute Gasteiger partial charge is 0.303 e. The Morgan fingerprint density at radius 2 is 2.05 bits per heavy atom. The molecule has 4 rings (SSSR count). The van der Waals surface area contributed by atoms with E-state index in [9.17, 15) is 13.2 Å². The molecule has 1 aromatic carbocycles. The summed E-state index contributed by atoms with van der Waals surface area (Å²) >= 11 is 0. The first-order valence-corrected chi connectivity index (χ1v) is 7.12. The molecule has 0 bridgehead atoms. The summed E-state index contributed by atoms with van der Waals surface area (Å²) < 4.78 is 40.6. The Labute approximate surface area is 124 Å². The van der Waals surface area contributed by atoms with Crippen LogP contribution in [-0.4, -0.2) is 19.7 Å². The molecule has 0 aliphatic heterocycles. The predicted octanol–water partition coefficient (Wildman–Crippen LogP) is 4.03. The first kappa shape index (κ1) is 13.4. The van der Waals surface area contributed by atoms with E-state index in [0.29, 0.717) is 11.5 Å². The quantitative estimate of drug-likeness (QED) is 0.777. The zero-order valence-corrected chi connectivity index (χ0v) is 11.6. The third-order valence-electron chi connectivity index (χ3n) is 4.20. The van der Waals surface area contributed by atoms with Crippen molar-refractivity contribution < 1.29 is 13.2 Å². The summed E-state index contributed by atoms with van der Waals surface area (Å²) in [5.41, 5.74) is 0.700. The molecule has 114 valence electrons. The Morgan fingerprint density at radius 1 is 1.23 bits per heavy atom. The van der Waals surface area contributed by atoms with Crippen LogP contribution in [0.4, 0.5) is 13.2 Å². The molecule has 3 aromatic rings. The summed E-state index contributed by atoms with van der Waals surface area (Å²) in [5.74, 6) is 0.609. The number of halogens is 3. The number of imidazole rings is 1. The molecule has 0 spiro atoms. The molecule has 1 aliphatic carbocycles. The summed E-state index contributed by atoms with van der Waals surface area (Å²) in [7, 11) is 0. The maximum atomic E-state index is 13.0. The zero-order valence-electron chi connectivity index (χ0n) is 11.6. The van der Waals surface area contributed by atoms with Gasteiger partial charge in [-0.3, -0.25) is 5.10 Å². The third kappa shape index (κ3) is 2.08. The van der Waals surface area contributed by atoms with Gasteiger partial charge in [-0.05, 0) is 31.0 Å². The molecule has 0 radical (unpaired) electrons. The second-order valence-corrected chi connectivity index (χ2v) is 5.62. The topological polar surface area (TPSA) is 46.5 Å². The van der Waals surface area contributed by atoms with Gasteiger partial charge in [-0.25, -0.2) is 4.98 Å². The first-order valence-electron chi connectivity index (χ1n) is 7.12. The van der Waals surface area contributed by atoms with Crippen molar-refractivity contribution in [3.8, 4) is 5.69 Å². The molecule has 22 heavy (non-hydrogen) atoms. The van der Waals surface area contributed by atoms with E-state index in [1.54, 1.807) is 16.8 Å². The van der Waals surface area contributed by atoms with Crippen LogP contribution in [0, 0.1) is 0 Å². The highest BCUT2D eigenvalue weighted by atomic mass is 19.4. The fourth-order valence-electron chi connectivity index (χ4n) is 2.77. The molecule has 2 heterocycles. The van der Waals surface area contributed by atoms with Crippen LogP contribution < -0.4 is 0 Å². The van der Waals surface area contributed by atoms with Gasteiger partial charge in [0.05, 0.1) is 11.7 Å². The molecule has 7 heteroatoms. The molecule has 0 unspecified atom stereocenters. The lowest BCUT2D eigenvalue weighted by Crippen LogP contribution is -2.14. The van der Waals surface area contributed by atoms with E-state index in [4.69, 9.17) is 0 Å². The maximum absolute atomic E-state index is 13.0. The number of fused-ring (bicyclic) bond motifs is 1. The van der Waals surface area contributed by atoms with Gasteiger partial charge in [0.25, 0.3) is 0 Å². The van der Waals surface area contributed by atoms with Crippen molar-refractivity contribution in [2.45, 2.75) is 31.4 Å². The van der Waals surface area contributed by atoms with Gasteiger partial charge in [0, 0.05) is 23.2 Å². The van der Waals surface area contributed by atoms with Gasteiger partial charge in [-0.1, -0.05) is 6.42 Å². The Morgan fingerprint density at radius 3 is 2.73 bits per heavy atom. The monoisotopic (exact) mass is 306 g/mol. The summed E-state index contributed by atoms with van der Waals surface area (Å²) in [4.78, 5) is 3.86. The number of hydrogen-bond acceptors (Lipinski definition) is 2. The van der Waals surface area contributed by atoms with Crippen LogP contribution in [0.5, 0.6) is 0 Å². The number of alkyl halides is 3. The molecule has 0 amide bonds. The number of aromatic amines is 1. The normalized spacial score (nSPS) is 16.1. The Hall–Kier alpha value is -2.31. The highest BCUT2D eigenvalue weighted by Gasteiger charge is 2.37. The minimum absolute atomic E-state index is 0.108. The van der Waals surface area contributed by atoms with E-state index in [1.165, 1.54) is 0 Å². The zero-order chi connectivity index (χ0) is 15.3. The van der Waals surface area contributed by atoms with Gasteiger partial charge in [0.15, 0.2) is 5.69 Å². The molecule has 0 saturated heterocycles. The average Bonchev–Trinajstić information content (AvgIpc) is 3.01. The number of hydrogen-bond donors (Lipinski definition) is 1. The molecule has 2 aromatic heterocycles. The summed E-state index contributed by atoms with van der Waals surface area (Å²) in [6.45, 7) is 0. The van der Waals surface area contributed by atoms with Crippen molar-refractivity contribution in [1.29, 1.82) is 0 Å². The second-order valence-electron chi connectivity index (χ2n) is 5.62. The van der Waals surface area contributed by atoms with Crippen LogP contribution in [-0.2, 0) is 6.18 Å². The predicted molar refractivity (Wildman–Crippen MR) is 74.8 cm³/mol. The van der Waals surface area contributed by atoms with E-state index in [-0.39, 0.29) is 5.92 Å². The largest absolute Gasteiger partial charge is 0.434 e. The van der Waals surface area contributed by atoms with Crippen molar-refractivity contribution in [2.75, 3.05) is 0 Å². The van der Waals surface area contributed by atoms with Gasteiger partial charge in [-0.2, -0.15) is 18.3 Å². The summed E-state index contributed by atoms with van der Waals surface area (Å²) in [5, 5.41) is 7.63. The second kappa shape index (κ2) is 4.59. The van der Waals surface area contributed by atoms with Crippen molar-refractivity contribution in [3.63, 3.8) is 0 Å². The lowest BCUT2D eigenvalue weighted by atomic mass is 9.85. The molecule has 0 atom stereocenters. The van der Waals surface area contributed by atoms with Crippen molar-refractivity contribution in [2.24, 2.45) is 0 Å². The molecule has 1 aliphatic rings. The number of benzene rings is 1. The van der Waals surface area contributed by atoms with Crippen LogP contribution in [0.2, 0.25) is 0 Å². The molecule has 1 saturated carbocycles. The van der Waals surface area contributed by atoms with E-state index in [0.717, 1.165) is 36.4 Å². The standard InChI is InChI=1S/C15H13F3N4/c16-15(17,18)13-8-22(14(20-13)9-2-1-3-9)11-4-5-12-10(6-11)7-19-21-12/h4-9H,1-3H2,(H,19,21). The third-order valence-corrected chi connectivity index (χ3v) is 4.20. The number of nitrogens with one attached hydrogen (secondary N) is 1. The van der Waals surface area contributed by atoms with Gasteiger partial charge >= 0.3 is 6.18 Å². The average molecular weight is 306 g/mol. The maximum Gasteiger partial charge on any atom is 0.434 e. The Kier molecular flexibility index (Phi) is 2.79. The van der Waals surface area contributed by atoms with Gasteiger partial charge in [-0.15, -0.1) is 0 Å². The van der Waals surface area contributed by atoms with Crippen LogP contribution in [0.3, 0.4) is 0 Å². The number of nitrogens with zero attached hydrogens (tertiary/aromatic N) is 3. The molecule has 1 fully saturated rings. The first-order chi connectivity index (χ1) is 10.5. The minimum atomic E-state index is -4.43. The Bertz CT molecular complexity index is 827. The van der Waals surface area contributed by atoms with E-state index in [1.807, 2.05) is 12.1 Å². The number of rotatable bonds is 2. The van der Waals surface area contributed by atoms with Gasteiger partial charge < -0.3 is 4.57 Å². The fourth-order valence-corrected chi connectivity index (χ4v) is 2.77. The van der Waals surface area contributed by atoms with E-state index < -0.39 is 11.9 Å². The fraction of sp³-hybridized carbons (Fsp3) is 0.333. The van der Waals surface area contributed by atoms with Gasteiger partial charge in [0.2, 0.25) is 0 Å². The van der Waals surface area contributed by atoms with Crippen molar-refractivity contribution in [3.05, 3.63) is 42.1 Å².